The van der Waals surface area contributed by atoms with Crippen molar-refractivity contribution in [2.24, 2.45) is 5.92 Å². The van der Waals surface area contributed by atoms with E-state index in [9.17, 15) is 14.7 Å². The molecule has 4 aromatic carbocycles. The van der Waals surface area contributed by atoms with Crippen LogP contribution in [-0.4, -0.2) is 58.9 Å². The fourth-order valence-electron chi connectivity index (χ4n) is 9.94. The minimum Gasteiger partial charge on any atom is -0.396 e. The van der Waals surface area contributed by atoms with Crippen LogP contribution in [0.4, 0.5) is 32.5 Å². The minimum absolute atomic E-state index is 0.0116. The molecular formula is C45H47FN6O5Si. The summed E-state index contributed by atoms with van der Waals surface area (Å²) in [5, 5.41) is 17.8. The van der Waals surface area contributed by atoms with Crippen molar-refractivity contribution in [1.29, 1.82) is 0 Å². The molecule has 0 saturated carbocycles. The number of aliphatic hydroxyl groups is 1. The number of amides is 3. The molecular weight excluding hydrogens is 752 g/mol. The van der Waals surface area contributed by atoms with E-state index in [1.165, 1.54) is 0 Å². The summed E-state index contributed by atoms with van der Waals surface area (Å²) in [6, 6.07) is 29.2. The van der Waals surface area contributed by atoms with E-state index < -0.39 is 31.6 Å². The Hall–Kier alpha value is -5.50. The highest BCUT2D eigenvalue weighted by atomic mass is 28.4. The van der Waals surface area contributed by atoms with Crippen LogP contribution in [0.25, 0.3) is 0 Å². The van der Waals surface area contributed by atoms with Crippen molar-refractivity contribution in [3.05, 3.63) is 125 Å². The van der Waals surface area contributed by atoms with Gasteiger partial charge in [-0.3, -0.25) is 28.9 Å². The molecule has 0 unspecified atom stereocenters. The fraction of sp³-hybridized carbons (Fsp3) is 0.356. The third kappa shape index (κ3) is 6.36. The van der Waals surface area contributed by atoms with E-state index in [0.29, 0.717) is 67.7 Å². The molecule has 1 saturated heterocycles. The van der Waals surface area contributed by atoms with E-state index in [1.54, 1.807) is 38.7 Å². The van der Waals surface area contributed by atoms with Crippen LogP contribution in [0, 0.1) is 5.92 Å². The number of anilines is 5. The van der Waals surface area contributed by atoms with Crippen LogP contribution in [-0.2, 0) is 57.1 Å². The number of ether oxygens (including phenoxy) is 1. The molecule has 0 bridgehead atoms. The van der Waals surface area contributed by atoms with Crippen LogP contribution in [0.3, 0.4) is 0 Å². The molecule has 13 heteroatoms. The zero-order valence-corrected chi connectivity index (χ0v) is 34.0. The smallest absolute Gasteiger partial charge is 0.264 e. The molecule has 4 aliphatic heterocycles. The van der Waals surface area contributed by atoms with Crippen molar-refractivity contribution in [3.63, 3.8) is 0 Å². The molecule has 1 spiro atoms. The minimum atomic E-state index is -3.48. The predicted octanol–water partition coefficient (Wildman–Crippen LogP) is 7.45. The van der Waals surface area contributed by atoms with Crippen molar-refractivity contribution < 1.29 is 28.3 Å². The summed E-state index contributed by atoms with van der Waals surface area (Å²) in [5.41, 5.74) is 5.85. The Morgan fingerprint density at radius 3 is 2.14 bits per heavy atom. The summed E-state index contributed by atoms with van der Waals surface area (Å²) >= 11 is 0. The summed E-state index contributed by atoms with van der Waals surface area (Å²) in [6.45, 7) is 5.83. The fourth-order valence-corrected chi connectivity index (χ4v) is 12.5. The van der Waals surface area contributed by atoms with Gasteiger partial charge in [-0.2, -0.15) is 0 Å². The maximum Gasteiger partial charge on any atom is 0.264 e. The lowest BCUT2D eigenvalue weighted by molar-refractivity contribution is -0.146. The standard InChI is InChI=1S/C45H47FN6O5Si/c1-29-43(58(2,3)46)40(21-23-49-28-33(22-24-53)47-48-49)57-45(29)36-26-35(52-38-14-7-5-11-32(38)16-20-42(52)55)17-18-39(36)50(44(45)56)27-30-9-8-12-34(25-30)51-37-13-6-4-10-31(37)15-19-41(51)54/h4-14,17-18,25-26,28-29,40,43,53H,15-16,19-24,27H2,1-3H3/t29-,40+,43-,45+/m0/s1. The van der Waals surface area contributed by atoms with Gasteiger partial charge in [0.2, 0.25) is 20.2 Å². The molecule has 0 aliphatic carbocycles. The molecule has 4 atom stereocenters. The first-order valence-corrected chi connectivity index (χ1v) is 23.2. The molecule has 3 amide bonds. The molecule has 1 fully saturated rings. The number of halogens is 1. The second kappa shape index (κ2) is 14.7. The van der Waals surface area contributed by atoms with Crippen molar-refractivity contribution in [3.8, 4) is 0 Å². The lowest BCUT2D eigenvalue weighted by atomic mass is 9.82. The Kier molecular flexibility index (Phi) is 9.64. The zero-order chi connectivity index (χ0) is 40.3. The van der Waals surface area contributed by atoms with E-state index in [-0.39, 0.29) is 30.9 Å². The van der Waals surface area contributed by atoms with Gasteiger partial charge in [0, 0.05) is 67.0 Å². The number of carbonyl (C=O) groups is 3. The van der Waals surface area contributed by atoms with E-state index in [4.69, 9.17) is 4.74 Å². The zero-order valence-electron chi connectivity index (χ0n) is 33.0. The summed E-state index contributed by atoms with van der Waals surface area (Å²) in [7, 11) is -3.48. The number of hydrogen-bond donors (Lipinski definition) is 1. The highest BCUT2D eigenvalue weighted by Crippen LogP contribution is 2.61. The van der Waals surface area contributed by atoms with Gasteiger partial charge in [-0.15, -0.1) is 5.10 Å². The Morgan fingerprint density at radius 1 is 0.828 bits per heavy atom. The number of aryl methyl sites for hydroxylation is 3. The number of carbonyl (C=O) groups excluding carboxylic acids is 3. The summed E-state index contributed by atoms with van der Waals surface area (Å²) in [5.74, 6) is -0.854. The van der Waals surface area contributed by atoms with Gasteiger partial charge in [-0.1, -0.05) is 60.7 Å². The quantitative estimate of drug-likeness (QED) is 0.115. The van der Waals surface area contributed by atoms with Crippen LogP contribution in [0.5, 0.6) is 0 Å². The number of benzene rings is 4. The second-order valence-electron chi connectivity index (χ2n) is 16.5. The number of hydrogen-bond acceptors (Lipinski definition) is 7. The SMILES string of the molecule is C[C@H]1[C@H]([Si](C)(C)F)[C@@H](CCn2cc(CCO)nn2)O[C@]12C(=O)N(Cc1cccc(N3C(=O)CCc4ccccc43)c1)c1ccc(N3C(=O)CCc4ccccc43)cc12. The summed E-state index contributed by atoms with van der Waals surface area (Å²) in [4.78, 5) is 47.7. The average Bonchev–Trinajstić information content (AvgIpc) is 3.86. The van der Waals surface area contributed by atoms with Crippen molar-refractivity contribution >= 4 is 54.6 Å². The van der Waals surface area contributed by atoms with Gasteiger partial charge in [-0.05, 0) is 91.5 Å². The van der Waals surface area contributed by atoms with Gasteiger partial charge in [0.15, 0.2) is 5.60 Å². The largest absolute Gasteiger partial charge is 0.396 e. The van der Waals surface area contributed by atoms with E-state index in [1.807, 2.05) is 97.9 Å². The molecule has 5 heterocycles. The van der Waals surface area contributed by atoms with Crippen LogP contribution >= 0.6 is 0 Å². The topological polar surface area (TPSA) is 121 Å². The van der Waals surface area contributed by atoms with E-state index in [2.05, 4.69) is 10.3 Å². The van der Waals surface area contributed by atoms with Gasteiger partial charge in [0.25, 0.3) is 5.91 Å². The van der Waals surface area contributed by atoms with Crippen molar-refractivity contribution in [2.45, 2.75) is 88.9 Å². The Bertz CT molecular complexity index is 2430. The number of aliphatic hydroxyl groups excluding tert-OH is 1. The highest BCUT2D eigenvalue weighted by molar-refractivity contribution is 6.72. The van der Waals surface area contributed by atoms with Crippen molar-refractivity contribution in [1.82, 2.24) is 15.0 Å². The summed E-state index contributed by atoms with van der Waals surface area (Å²) in [6.07, 6.45) is 4.03. The normalized spacial score (nSPS) is 22.8. The molecule has 58 heavy (non-hydrogen) atoms. The molecule has 5 aromatic rings. The van der Waals surface area contributed by atoms with Crippen LogP contribution in [0.1, 0.15) is 54.1 Å². The molecule has 298 valence electrons. The second-order valence-corrected chi connectivity index (χ2v) is 20.3. The first kappa shape index (κ1) is 38.0. The number of aromatic nitrogens is 3. The third-order valence-corrected chi connectivity index (χ3v) is 14.9. The molecule has 11 nitrogen and oxygen atoms in total. The maximum absolute atomic E-state index is 16.7. The lowest BCUT2D eigenvalue weighted by Gasteiger charge is -2.32. The molecule has 1 N–H and O–H groups in total. The molecule has 9 rings (SSSR count). The van der Waals surface area contributed by atoms with Gasteiger partial charge in [-0.25, -0.2) is 0 Å². The molecule has 0 radical (unpaired) electrons. The first-order chi connectivity index (χ1) is 28.0. The third-order valence-electron chi connectivity index (χ3n) is 12.5. The van der Waals surface area contributed by atoms with Crippen LogP contribution in [0.2, 0.25) is 18.6 Å². The van der Waals surface area contributed by atoms with Gasteiger partial charge in [0.05, 0.1) is 35.4 Å². The first-order valence-electron chi connectivity index (χ1n) is 20.2. The highest BCUT2D eigenvalue weighted by Gasteiger charge is 2.66. The van der Waals surface area contributed by atoms with Crippen molar-refractivity contribution in [2.75, 3.05) is 21.3 Å². The van der Waals surface area contributed by atoms with Crippen LogP contribution in [0.15, 0.2) is 97.2 Å². The summed E-state index contributed by atoms with van der Waals surface area (Å²) < 4.78 is 25.5. The number of para-hydroxylation sites is 2. The number of nitrogens with zero attached hydrogens (tertiary/aromatic N) is 6. The molecule has 4 aliphatic rings. The van der Waals surface area contributed by atoms with Gasteiger partial charge in [0.1, 0.15) is 0 Å². The Morgan fingerprint density at radius 2 is 1.48 bits per heavy atom. The maximum atomic E-state index is 16.7. The monoisotopic (exact) mass is 798 g/mol. The van der Waals surface area contributed by atoms with Gasteiger partial charge < -0.3 is 18.9 Å². The number of rotatable bonds is 10. The van der Waals surface area contributed by atoms with Crippen LogP contribution < -0.4 is 14.7 Å². The number of fused-ring (bicyclic) bond motifs is 4. The van der Waals surface area contributed by atoms with E-state index in [0.717, 1.165) is 33.8 Å². The Labute approximate surface area is 338 Å². The van der Waals surface area contributed by atoms with E-state index >= 15 is 8.90 Å². The Balaban J connectivity index is 1.12. The predicted molar refractivity (Wildman–Crippen MR) is 221 cm³/mol. The lowest BCUT2D eigenvalue weighted by Crippen LogP contribution is -2.45. The molecule has 1 aromatic heterocycles. The average molecular weight is 799 g/mol. The van der Waals surface area contributed by atoms with Gasteiger partial charge >= 0.3 is 0 Å².